The molecule has 1 aliphatic carbocycles. The number of hydrogen-bond donors (Lipinski definition) is 1. The van der Waals surface area contributed by atoms with Crippen molar-refractivity contribution in [3.05, 3.63) is 116 Å². The first-order valence-corrected chi connectivity index (χ1v) is 15.3. The summed E-state index contributed by atoms with van der Waals surface area (Å²) >= 11 is 8.02. The summed E-state index contributed by atoms with van der Waals surface area (Å²) in [5.41, 5.74) is 9.54. The fraction of sp³-hybridized carbons (Fsp3) is 0.294. The van der Waals surface area contributed by atoms with Gasteiger partial charge in [0.1, 0.15) is 11.6 Å². The number of allylic oxidation sites excluding steroid dienone is 3. The van der Waals surface area contributed by atoms with Gasteiger partial charge in [-0.2, -0.15) is 18.4 Å². The van der Waals surface area contributed by atoms with Crippen LogP contribution in [0.2, 0.25) is 5.02 Å². The number of Topliss-reactive ketones (excluding diaryl/α,β-unsaturated/α-hetero) is 1. The monoisotopic (exact) mass is 639 g/mol. The zero-order chi connectivity index (χ0) is 32.1. The summed E-state index contributed by atoms with van der Waals surface area (Å²) in [5, 5.41) is 10.5. The minimum Gasteiger partial charge on any atom is -0.384 e. The van der Waals surface area contributed by atoms with E-state index in [4.69, 9.17) is 17.3 Å². The molecule has 0 amide bonds. The first-order chi connectivity index (χ1) is 20.6. The second-order valence-corrected chi connectivity index (χ2v) is 13.5. The largest absolute Gasteiger partial charge is 0.416 e. The first kappa shape index (κ1) is 31.7. The Labute approximate surface area is 263 Å². The van der Waals surface area contributed by atoms with Gasteiger partial charge in [0.05, 0.1) is 33.8 Å². The maximum atomic E-state index is 14.0. The Bertz CT molecular complexity index is 1770. The van der Waals surface area contributed by atoms with Gasteiger partial charge in [-0.3, -0.25) is 9.69 Å². The van der Waals surface area contributed by atoms with Gasteiger partial charge in [-0.25, -0.2) is 4.39 Å². The fourth-order valence-electron chi connectivity index (χ4n) is 6.06. The van der Waals surface area contributed by atoms with E-state index in [0.29, 0.717) is 23.4 Å². The van der Waals surface area contributed by atoms with Crippen molar-refractivity contribution in [1.29, 1.82) is 5.26 Å². The third kappa shape index (κ3) is 5.98. The van der Waals surface area contributed by atoms with Crippen LogP contribution in [0.3, 0.4) is 0 Å². The molecular weight excluding hydrogens is 610 g/mol. The molecule has 1 unspecified atom stereocenters. The molecule has 0 spiro atoms. The number of rotatable bonds is 5. The van der Waals surface area contributed by atoms with E-state index in [9.17, 15) is 27.6 Å². The molecule has 5 rings (SSSR count). The average molecular weight is 640 g/mol. The molecular formula is C34H30ClF4N3OS. The van der Waals surface area contributed by atoms with Gasteiger partial charge < -0.3 is 5.73 Å². The molecule has 2 aliphatic rings. The number of thioether (sulfide) groups is 1. The molecule has 4 nitrogen and oxygen atoms in total. The molecule has 3 aromatic rings. The Hall–Kier alpha value is -3.74. The highest BCUT2D eigenvalue weighted by Crippen LogP contribution is 2.52. The van der Waals surface area contributed by atoms with Crippen LogP contribution in [0, 0.1) is 36.4 Å². The Kier molecular flexibility index (Phi) is 8.38. The van der Waals surface area contributed by atoms with Crippen molar-refractivity contribution >= 4 is 34.8 Å². The molecule has 0 saturated carbocycles. The predicted octanol–water partition coefficient (Wildman–Crippen LogP) is 9.35. The van der Waals surface area contributed by atoms with Crippen LogP contribution in [-0.2, 0) is 16.7 Å². The molecule has 3 aromatic carbocycles. The zero-order valence-electron chi connectivity index (χ0n) is 24.6. The summed E-state index contributed by atoms with van der Waals surface area (Å²) < 4.78 is 54.8. The topological polar surface area (TPSA) is 70.1 Å². The minimum atomic E-state index is -4.64. The number of carbonyl (C=O) groups is 1. The van der Waals surface area contributed by atoms with Crippen molar-refractivity contribution in [1.82, 2.24) is 0 Å². The van der Waals surface area contributed by atoms with Gasteiger partial charge in [0.15, 0.2) is 5.78 Å². The molecule has 0 radical (unpaired) electrons. The summed E-state index contributed by atoms with van der Waals surface area (Å²) in [5.74, 6) is -0.838. The average Bonchev–Trinajstić information content (AvgIpc) is 2.93. The van der Waals surface area contributed by atoms with Gasteiger partial charge in [0.25, 0.3) is 0 Å². The van der Waals surface area contributed by atoms with E-state index in [1.807, 2.05) is 39.8 Å². The van der Waals surface area contributed by atoms with E-state index in [0.717, 1.165) is 45.3 Å². The van der Waals surface area contributed by atoms with Crippen molar-refractivity contribution in [2.75, 3.05) is 4.90 Å². The molecule has 0 saturated heterocycles. The van der Waals surface area contributed by atoms with Crippen LogP contribution in [0.1, 0.15) is 60.4 Å². The van der Waals surface area contributed by atoms with Gasteiger partial charge >= 0.3 is 6.18 Å². The van der Waals surface area contributed by atoms with Gasteiger partial charge in [0, 0.05) is 28.3 Å². The predicted molar refractivity (Wildman–Crippen MR) is 165 cm³/mol. The summed E-state index contributed by atoms with van der Waals surface area (Å²) in [4.78, 5) is 16.3. The van der Waals surface area contributed by atoms with Gasteiger partial charge in [-0.05, 0) is 84.8 Å². The maximum Gasteiger partial charge on any atom is 0.416 e. The van der Waals surface area contributed by atoms with E-state index in [-0.39, 0.29) is 40.1 Å². The van der Waals surface area contributed by atoms with E-state index >= 15 is 0 Å². The standard InChI is InChI=1S/C34H30ClF4N3OS/c1-18-11-20(17-44-23-8-6-22(36)7-9-23)19(2)24(12-18)30-25(16-40)32(41)42(28-14-33(3,4)15-29(43)31(28)30)27-13-21(34(37,38)39)5-10-26(27)35/h5-13,30H,14-15,17,41H2,1-4H3. The summed E-state index contributed by atoms with van der Waals surface area (Å²) in [7, 11) is 0. The summed E-state index contributed by atoms with van der Waals surface area (Å²) in [6.45, 7) is 7.68. The van der Waals surface area contributed by atoms with Crippen LogP contribution >= 0.6 is 23.4 Å². The molecule has 1 heterocycles. The molecule has 1 aliphatic heterocycles. The quantitative estimate of drug-likeness (QED) is 0.223. The molecule has 228 valence electrons. The minimum absolute atomic E-state index is 0.00575. The van der Waals surface area contributed by atoms with Crippen molar-refractivity contribution < 1.29 is 22.4 Å². The lowest BCUT2D eigenvalue weighted by Gasteiger charge is -2.44. The van der Waals surface area contributed by atoms with Crippen LogP contribution in [0.15, 0.2) is 82.2 Å². The lowest BCUT2D eigenvalue weighted by molar-refractivity contribution is -0.137. The SMILES string of the molecule is Cc1cc(CSc2ccc(F)cc2)c(C)c(C2C(C#N)=C(N)N(c3cc(C(F)(F)F)ccc3Cl)C3=C2C(=O)CC(C)(C)C3)c1. The van der Waals surface area contributed by atoms with Crippen molar-refractivity contribution in [2.45, 2.75) is 63.3 Å². The van der Waals surface area contributed by atoms with Crippen LogP contribution in [0.5, 0.6) is 0 Å². The smallest absolute Gasteiger partial charge is 0.384 e. The zero-order valence-corrected chi connectivity index (χ0v) is 26.1. The molecule has 1 atom stereocenters. The number of halogens is 5. The number of hydrogen-bond acceptors (Lipinski definition) is 5. The highest BCUT2D eigenvalue weighted by molar-refractivity contribution is 7.98. The van der Waals surface area contributed by atoms with E-state index in [1.54, 1.807) is 12.1 Å². The Morgan fingerprint density at radius 2 is 1.77 bits per heavy atom. The number of aryl methyl sites for hydroxylation is 1. The number of anilines is 1. The van der Waals surface area contributed by atoms with Crippen molar-refractivity contribution in [3.8, 4) is 6.07 Å². The first-order valence-electron chi connectivity index (χ1n) is 13.9. The normalized spacial score (nSPS) is 18.4. The van der Waals surface area contributed by atoms with E-state index in [2.05, 4.69) is 6.07 Å². The number of alkyl halides is 3. The van der Waals surface area contributed by atoms with Gasteiger partial charge in [-0.15, -0.1) is 11.8 Å². The molecule has 44 heavy (non-hydrogen) atoms. The lowest BCUT2D eigenvalue weighted by Crippen LogP contribution is -2.42. The van der Waals surface area contributed by atoms with Crippen molar-refractivity contribution in [3.63, 3.8) is 0 Å². The lowest BCUT2D eigenvalue weighted by atomic mass is 9.68. The van der Waals surface area contributed by atoms with Crippen LogP contribution in [0.4, 0.5) is 23.2 Å². The Balaban J connectivity index is 1.70. The van der Waals surface area contributed by atoms with E-state index in [1.165, 1.54) is 28.8 Å². The van der Waals surface area contributed by atoms with Crippen LogP contribution in [0.25, 0.3) is 0 Å². The number of carbonyl (C=O) groups excluding carboxylic acids is 1. The third-order valence-corrected chi connectivity index (χ3v) is 9.49. The Morgan fingerprint density at radius 1 is 1.09 bits per heavy atom. The molecule has 0 aromatic heterocycles. The number of ketones is 1. The van der Waals surface area contributed by atoms with Gasteiger partial charge in [0.2, 0.25) is 0 Å². The van der Waals surface area contributed by atoms with Gasteiger partial charge in [-0.1, -0.05) is 43.1 Å². The van der Waals surface area contributed by atoms with Crippen LogP contribution in [-0.4, -0.2) is 5.78 Å². The van der Waals surface area contributed by atoms with E-state index < -0.39 is 23.1 Å². The fourth-order valence-corrected chi connectivity index (χ4v) is 7.21. The summed E-state index contributed by atoms with van der Waals surface area (Å²) in [6, 6.07) is 15.3. The number of nitriles is 1. The number of benzene rings is 3. The highest BCUT2D eigenvalue weighted by atomic mass is 35.5. The van der Waals surface area contributed by atoms with Crippen LogP contribution < -0.4 is 10.6 Å². The second kappa shape index (κ2) is 11.6. The second-order valence-electron chi connectivity index (χ2n) is 12.0. The molecule has 0 fully saturated rings. The third-order valence-electron chi connectivity index (χ3n) is 8.11. The molecule has 2 N–H and O–H groups in total. The Morgan fingerprint density at radius 3 is 2.41 bits per heavy atom. The number of nitrogens with zero attached hydrogens (tertiary/aromatic N) is 2. The molecule has 0 bridgehead atoms. The van der Waals surface area contributed by atoms with Crippen molar-refractivity contribution in [2.24, 2.45) is 11.1 Å². The number of nitrogens with two attached hydrogens (primary N) is 1. The maximum absolute atomic E-state index is 14.0. The summed E-state index contributed by atoms with van der Waals surface area (Å²) in [6.07, 6.45) is -4.12. The molecule has 10 heteroatoms. The highest BCUT2D eigenvalue weighted by Gasteiger charge is 2.46.